The molecule has 148 heavy (non-hydrogen) atoms. The van der Waals surface area contributed by atoms with Gasteiger partial charge in [0.2, 0.25) is 0 Å². The van der Waals surface area contributed by atoms with Gasteiger partial charge >= 0.3 is 0 Å². The van der Waals surface area contributed by atoms with Crippen LogP contribution < -0.4 is 31.0 Å². The number of Topliss-reactive ketones (excluding diaryl/α,β-unsaturated/α-hetero) is 2. The number of rotatable bonds is 0. The van der Waals surface area contributed by atoms with Crippen molar-refractivity contribution in [3.63, 3.8) is 0 Å². The lowest BCUT2D eigenvalue weighted by Gasteiger charge is -2.38. The molecule has 6 aliphatic heterocycles. The highest BCUT2D eigenvalue weighted by Crippen LogP contribution is 2.44. The molecule has 6 aromatic heterocycles. The van der Waals surface area contributed by atoms with Crippen LogP contribution in [0.4, 0.5) is 22.7 Å². The molecule has 4 atom stereocenters. The highest BCUT2D eigenvalue weighted by molar-refractivity contribution is 6.02. The van der Waals surface area contributed by atoms with Gasteiger partial charge in [0.1, 0.15) is 34.3 Å². The van der Waals surface area contributed by atoms with Crippen molar-refractivity contribution < 1.29 is 14.3 Å². The predicted molar refractivity (Wildman–Crippen MR) is 640 cm³/mol. The Balaban J connectivity index is 0.000000206. The molecule has 0 saturated heterocycles. The summed E-state index contributed by atoms with van der Waals surface area (Å²) in [7, 11) is 0. The lowest BCUT2D eigenvalue weighted by Crippen LogP contribution is -2.42. The quantitative estimate of drug-likeness (QED) is 0.0789. The van der Waals surface area contributed by atoms with Crippen molar-refractivity contribution in [2.24, 2.45) is 27.1 Å². The first kappa shape index (κ1) is 123. The van der Waals surface area contributed by atoms with E-state index in [-0.39, 0.29) is 100.0 Å². The SMILES string of the molecule is C.C=C1Cc2ccc(C(C)(C)C)cc2NC(C(C)(C)C)C1.CC(C)(C)C1=CN2NC(C(C)(C)C)=CC2C=C1.CC(C)(C)c1ccc2c(c1)N(C(C)(C)C)CCC(=O)C2.CC(C)(C)c1ccc2c(c1)NC(C(C)(C)C)CCC2=O.CC(C)(C)c1ccc2c(c1)NC(C(C)(C)C)CCO2.CC(C)(C)c1ccc2cc(C(C)(C)C)[nH]c2n1.CC(C)(C)c1ccn2cc(C(C)(C)C)nc2c1.CC(C)(C)c1ncc2cc(C(C)(C)C)[nH]c2n1. The van der Waals surface area contributed by atoms with Crippen LogP contribution in [0.25, 0.3) is 27.7 Å². The normalized spacial score (nSPS) is 17.6. The number of benzene rings is 4. The molecule has 12 heterocycles. The molecule has 0 spiro atoms. The lowest BCUT2D eigenvalue weighted by molar-refractivity contribution is -0.118. The molecular formula is C132H203N13O3. The van der Waals surface area contributed by atoms with E-state index in [9.17, 15) is 9.59 Å². The number of carbonyl (C=O) groups is 2. The second-order valence-electron chi connectivity index (χ2n) is 59.2. The average molecular weight is 2020 g/mol. The minimum atomic E-state index is -0.0127. The van der Waals surface area contributed by atoms with E-state index in [1.165, 1.54) is 83.9 Å². The van der Waals surface area contributed by atoms with E-state index in [4.69, 9.17) is 14.7 Å². The number of ether oxygens (including phenoxy) is 1. The summed E-state index contributed by atoms with van der Waals surface area (Å²) < 4.78 is 7.99. The second-order valence-corrected chi connectivity index (χ2v) is 59.2. The molecule has 0 radical (unpaired) electrons. The van der Waals surface area contributed by atoms with E-state index in [1.54, 1.807) is 0 Å². The molecule has 4 unspecified atom stereocenters. The van der Waals surface area contributed by atoms with Crippen LogP contribution >= 0.6 is 0 Å². The van der Waals surface area contributed by atoms with Crippen molar-refractivity contribution in [3.05, 3.63) is 249 Å². The van der Waals surface area contributed by atoms with Crippen molar-refractivity contribution in [2.45, 2.75) is 469 Å². The fourth-order valence-electron chi connectivity index (χ4n) is 18.0. The van der Waals surface area contributed by atoms with Gasteiger partial charge in [-0.15, -0.1) is 0 Å². The molecule has 814 valence electrons. The number of nitrogens with zero attached hydrogens (tertiary/aromatic N) is 7. The van der Waals surface area contributed by atoms with Crippen molar-refractivity contribution in [1.82, 2.24) is 44.7 Å². The molecule has 0 bridgehead atoms. The molecule has 0 fully saturated rings. The monoisotopic (exact) mass is 2020 g/mol. The number of hydrogen-bond donors (Lipinski definition) is 6. The van der Waals surface area contributed by atoms with Gasteiger partial charge in [0.25, 0.3) is 0 Å². The number of H-pyrrole nitrogens is 2. The summed E-state index contributed by atoms with van der Waals surface area (Å²) in [4.78, 5) is 52.0. The number of pyridine rings is 2. The Morgan fingerprint density at radius 2 is 0.899 bits per heavy atom. The molecular weight excluding hydrogens is 1820 g/mol. The summed E-state index contributed by atoms with van der Waals surface area (Å²) in [5.74, 6) is 2.48. The molecule has 0 saturated carbocycles. The Morgan fingerprint density at radius 3 is 1.41 bits per heavy atom. The van der Waals surface area contributed by atoms with Crippen molar-refractivity contribution in [1.29, 1.82) is 0 Å². The zero-order valence-corrected chi connectivity index (χ0v) is 101. The predicted octanol–water partition coefficient (Wildman–Crippen LogP) is 34.7. The smallest absolute Gasteiger partial charge is 0.165 e. The van der Waals surface area contributed by atoms with E-state index in [0.29, 0.717) is 49.2 Å². The van der Waals surface area contributed by atoms with Crippen molar-refractivity contribution >= 4 is 62.0 Å². The molecule has 6 aliphatic rings. The third kappa shape index (κ3) is 33.9. The van der Waals surface area contributed by atoms with Crippen LogP contribution in [-0.2, 0) is 71.8 Å². The largest absolute Gasteiger partial charge is 0.491 e. The molecule has 16 heteroatoms. The fraction of sp³-hybridized carbons (Fsp3) is 0.591. The van der Waals surface area contributed by atoms with Crippen LogP contribution in [0.5, 0.6) is 5.75 Å². The van der Waals surface area contributed by atoms with Crippen LogP contribution in [0.1, 0.15) is 450 Å². The summed E-state index contributed by atoms with van der Waals surface area (Å²) in [6.45, 7) is 113. The molecule has 0 amide bonds. The number of fused-ring (bicyclic) bond motifs is 8. The van der Waals surface area contributed by atoms with Gasteiger partial charge < -0.3 is 45.4 Å². The van der Waals surface area contributed by atoms with E-state index in [1.807, 2.05) is 12.3 Å². The number of anilines is 4. The Kier molecular flexibility index (Phi) is 37.7. The van der Waals surface area contributed by atoms with Gasteiger partial charge in [0.05, 0.1) is 24.0 Å². The minimum Gasteiger partial charge on any atom is -0.491 e. The first-order valence-electron chi connectivity index (χ1n) is 54.7. The van der Waals surface area contributed by atoms with Crippen LogP contribution in [0.2, 0.25) is 0 Å². The van der Waals surface area contributed by atoms with Gasteiger partial charge in [0, 0.05) is 169 Å². The van der Waals surface area contributed by atoms with Gasteiger partial charge in [-0.2, -0.15) is 0 Å². The van der Waals surface area contributed by atoms with E-state index in [0.717, 1.165) is 101 Å². The summed E-state index contributed by atoms with van der Waals surface area (Å²) in [5, 5.41) is 15.6. The number of allylic oxidation sites excluding steroid dienone is 3. The molecule has 16 nitrogen and oxygen atoms in total. The standard InChI is InChI=1S/C19H29N.2C18H27NO.C17H27NO.C15H24N2.2C15H22N2.C14H21N3.CH4/c1-13-10-14-8-9-15(18(2,3)4)12-16(14)20-17(11-13)19(5,6)7;1-17(2,3)14-8-7-13-11-15(20)9-10-19(16(13)12-14)18(4,5)6;1-17(2,3)12-7-8-13-14(11-12)19-16(18(4,5)6)10-9-15(13)20;1-16(2,3)12-7-8-14-13(11-12)18-15(9-10-19-14)17(4,5)6;1-14(2,3)11-7-8-12-9-13(15(4,5)6)16-17(12)10-11;1-14(2,3)11-7-8-17-10-12(15(4,5)6)16-13(17)9-11;1-14(2,3)11-8-7-10-9-12(15(4,5)6)17-13(10)16-11;1-13(2,3)10-7-9-8-15-12(14(4,5)6)17-11(9)16-10;/h8-9,12,17,20H,1,10-11H2,2-7H3;7-8,12H,9-11H2,1-6H3;7-8,11,16,19H,9-10H2,1-6H3;7-8,11,15,18H,9-10H2,1-6H3;7-10,12,16H,1-6H3;7-10H,1-6H3;7-9H,1-6H3,(H,16,17);7-8H,1-6H3,(H,15,16,17);1H4. The topological polar surface area (TPSA) is 186 Å². The van der Waals surface area contributed by atoms with Gasteiger partial charge in [-0.1, -0.05) is 380 Å². The summed E-state index contributed by atoms with van der Waals surface area (Å²) >= 11 is 0. The first-order chi connectivity index (χ1) is 66.6. The maximum Gasteiger partial charge on any atom is 0.165 e. The molecule has 4 aromatic carbocycles. The highest BCUT2D eigenvalue weighted by atomic mass is 16.5. The minimum absolute atomic E-state index is 0. The fourth-order valence-corrected chi connectivity index (χ4v) is 18.0. The number of hydrogen-bond acceptors (Lipinski definition) is 13. The Bertz CT molecular complexity index is 6030. The molecule has 6 N–H and O–H groups in total. The van der Waals surface area contributed by atoms with Gasteiger partial charge in [0.15, 0.2) is 5.78 Å². The zero-order valence-electron chi connectivity index (χ0n) is 101. The maximum atomic E-state index is 12.3. The Morgan fingerprint density at radius 1 is 0.419 bits per heavy atom. The molecule has 16 rings (SSSR count). The summed E-state index contributed by atoms with van der Waals surface area (Å²) in [6.07, 6.45) is 21.1. The number of carbonyl (C=O) groups excluding carboxylic acids is 2. The maximum absolute atomic E-state index is 12.3. The summed E-state index contributed by atoms with van der Waals surface area (Å²) in [5.41, 5.74) is 32.3. The third-order valence-corrected chi connectivity index (χ3v) is 28.8. The zero-order chi connectivity index (χ0) is 111. The van der Waals surface area contributed by atoms with Crippen molar-refractivity contribution in [3.8, 4) is 5.75 Å². The van der Waals surface area contributed by atoms with Crippen LogP contribution in [-0.4, -0.2) is 93.7 Å². The Hall–Kier alpha value is -10.2. The average Bonchev–Trinajstić information content (AvgIpc) is 1.76. The van der Waals surface area contributed by atoms with Crippen LogP contribution in [0, 0.1) is 27.1 Å². The van der Waals surface area contributed by atoms with Crippen molar-refractivity contribution in [2.75, 3.05) is 34.0 Å². The van der Waals surface area contributed by atoms with E-state index < -0.39 is 0 Å². The third-order valence-electron chi connectivity index (χ3n) is 28.8. The highest BCUT2D eigenvalue weighted by Gasteiger charge is 2.38. The van der Waals surface area contributed by atoms with Gasteiger partial charge in [-0.05, 0) is 212 Å². The second kappa shape index (κ2) is 45.4. The molecule has 0 aliphatic carbocycles. The number of aromatic amines is 2. The van der Waals surface area contributed by atoms with Gasteiger partial charge in [-0.25, -0.2) is 19.9 Å². The first-order valence-corrected chi connectivity index (χ1v) is 54.7. The lowest BCUT2D eigenvalue weighted by atomic mass is 9.83. The number of ketones is 2. The number of aromatic nitrogens is 7. The van der Waals surface area contributed by atoms with E-state index >= 15 is 0 Å². The Labute approximate surface area is 899 Å². The number of nitrogens with one attached hydrogen (secondary N) is 6. The number of hydrazine groups is 1. The van der Waals surface area contributed by atoms with Crippen LogP contribution in [0.3, 0.4) is 0 Å². The summed E-state index contributed by atoms with van der Waals surface area (Å²) in [6, 6.07) is 40.9. The molecule has 10 aromatic rings. The van der Waals surface area contributed by atoms with Gasteiger partial charge in [-0.3, -0.25) is 14.6 Å². The van der Waals surface area contributed by atoms with E-state index in [2.05, 4.69) is 534 Å². The number of imidazole rings is 1. The van der Waals surface area contributed by atoms with Crippen LogP contribution in [0.15, 0.2) is 176 Å².